The van der Waals surface area contributed by atoms with Crippen LogP contribution >= 0.6 is 11.6 Å². The molecule has 1 aromatic heterocycles. The van der Waals surface area contributed by atoms with Crippen molar-refractivity contribution in [1.29, 1.82) is 0 Å². The van der Waals surface area contributed by atoms with E-state index in [1.54, 1.807) is 13.8 Å². The number of rotatable bonds is 8. The van der Waals surface area contributed by atoms with Crippen molar-refractivity contribution in [3.05, 3.63) is 41.6 Å². The lowest BCUT2D eigenvalue weighted by molar-refractivity contribution is -0.150. The predicted molar refractivity (Wildman–Crippen MR) is 96.5 cm³/mol. The molecule has 9 nitrogen and oxygen atoms in total. The first kappa shape index (κ1) is 20.9. The summed E-state index contributed by atoms with van der Waals surface area (Å²) in [6.07, 6.45) is 1.26. The van der Waals surface area contributed by atoms with E-state index in [1.165, 1.54) is 36.6 Å². The Kier molecular flexibility index (Phi) is 6.94. The number of ether oxygens (including phenoxy) is 1. The van der Waals surface area contributed by atoms with Crippen LogP contribution in [0.25, 0.3) is 0 Å². The molecule has 2 N–H and O–H groups in total. The zero-order valence-corrected chi connectivity index (χ0v) is 16.1. The fourth-order valence-corrected chi connectivity index (χ4v) is 3.64. The lowest BCUT2D eigenvalue weighted by Gasteiger charge is -2.20. The van der Waals surface area contributed by atoms with Gasteiger partial charge in [0.15, 0.2) is 12.4 Å². The molecule has 0 aliphatic heterocycles. The number of hydrogen-bond acceptors (Lipinski definition) is 7. The van der Waals surface area contributed by atoms with Crippen molar-refractivity contribution in [2.24, 2.45) is 5.92 Å². The minimum Gasteiger partial charge on any atom is -0.454 e. The van der Waals surface area contributed by atoms with Gasteiger partial charge in [-0.2, -0.15) is 4.72 Å². The van der Waals surface area contributed by atoms with Gasteiger partial charge in [0, 0.05) is 11.1 Å². The van der Waals surface area contributed by atoms with E-state index in [-0.39, 0.29) is 15.7 Å². The largest absolute Gasteiger partial charge is 0.454 e. The summed E-state index contributed by atoms with van der Waals surface area (Å²) in [5.41, 5.74) is 0. The van der Waals surface area contributed by atoms with Crippen LogP contribution in [-0.4, -0.2) is 38.1 Å². The summed E-state index contributed by atoms with van der Waals surface area (Å²) in [5, 5.41) is 6.08. The molecule has 0 saturated carbocycles. The average molecular weight is 416 g/mol. The second-order valence-electron chi connectivity index (χ2n) is 5.84. The summed E-state index contributed by atoms with van der Waals surface area (Å²) < 4.78 is 36.7. The van der Waals surface area contributed by atoms with Gasteiger partial charge in [-0.25, -0.2) is 8.42 Å². The van der Waals surface area contributed by atoms with Crippen LogP contribution in [0.1, 0.15) is 13.8 Å². The molecule has 1 atom stereocenters. The second kappa shape index (κ2) is 8.98. The van der Waals surface area contributed by atoms with Crippen molar-refractivity contribution in [3.8, 4) is 0 Å². The zero-order valence-electron chi connectivity index (χ0n) is 14.5. The number of esters is 1. The van der Waals surface area contributed by atoms with Gasteiger partial charge in [-0.05, 0) is 24.1 Å². The molecule has 146 valence electrons. The monoisotopic (exact) mass is 415 g/mol. The SMILES string of the molecule is CC(C)[C@H](NS(=O)(=O)c1cccc(Cl)c1)C(=O)OCC(=O)Nc1ccon1. The number of sulfonamides is 1. The average Bonchev–Trinajstić information content (AvgIpc) is 3.10. The topological polar surface area (TPSA) is 128 Å². The van der Waals surface area contributed by atoms with Crippen LogP contribution < -0.4 is 10.0 Å². The van der Waals surface area contributed by atoms with E-state index in [9.17, 15) is 18.0 Å². The number of aromatic nitrogens is 1. The van der Waals surface area contributed by atoms with Crippen LogP contribution in [0, 0.1) is 5.92 Å². The Hall–Kier alpha value is -2.43. The number of carbonyl (C=O) groups is 2. The minimum absolute atomic E-state index is 0.0859. The highest BCUT2D eigenvalue weighted by Gasteiger charge is 2.30. The first-order valence-corrected chi connectivity index (χ1v) is 9.70. The third kappa shape index (κ3) is 6.05. The summed E-state index contributed by atoms with van der Waals surface area (Å²) >= 11 is 5.82. The van der Waals surface area contributed by atoms with Gasteiger partial charge in [-0.1, -0.05) is 36.7 Å². The molecule has 27 heavy (non-hydrogen) atoms. The molecule has 2 rings (SSSR count). The van der Waals surface area contributed by atoms with Crippen LogP contribution in [0.15, 0.2) is 46.0 Å². The summed E-state index contributed by atoms with van der Waals surface area (Å²) in [4.78, 5) is 23.9. The van der Waals surface area contributed by atoms with Gasteiger partial charge in [0.25, 0.3) is 5.91 Å². The molecule has 11 heteroatoms. The molecule has 2 aromatic rings. The Labute approximate surface area is 161 Å². The quantitative estimate of drug-likeness (QED) is 0.629. The van der Waals surface area contributed by atoms with Gasteiger partial charge in [0.1, 0.15) is 12.3 Å². The van der Waals surface area contributed by atoms with Crippen LogP contribution in [-0.2, 0) is 24.3 Å². The maximum absolute atomic E-state index is 12.5. The van der Waals surface area contributed by atoms with Crippen molar-refractivity contribution in [3.63, 3.8) is 0 Å². The van der Waals surface area contributed by atoms with Gasteiger partial charge < -0.3 is 14.6 Å². The number of benzene rings is 1. The molecule has 0 spiro atoms. The van der Waals surface area contributed by atoms with Crippen LogP contribution in [0.5, 0.6) is 0 Å². The number of nitrogens with one attached hydrogen (secondary N) is 2. The normalized spacial score (nSPS) is 12.6. The van der Waals surface area contributed by atoms with E-state index in [0.717, 1.165) is 0 Å². The fraction of sp³-hybridized carbons (Fsp3) is 0.312. The Morgan fingerprint density at radius 3 is 2.63 bits per heavy atom. The number of nitrogens with zero attached hydrogens (tertiary/aromatic N) is 1. The van der Waals surface area contributed by atoms with Crippen molar-refractivity contribution in [2.45, 2.75) is 24.8 Å². The van der Waals surface area contributed by atoms with Gasteiger partial charge in [-0.15, -0.1) is 0 Å². The van der Waals surface area contributed by atoms with Crippen LogP contribution in [0.4, 0.5) is 5.82 Å². The number of hydrogen-bond donors (Lipinski definition) is 2. The molecule has 1 aromatic carbocycles. The molecule has 1 amide bonds. The third-order valence-electron chi connectivity index (χ3n) is 3.36. The summed E-state index contributed by atoms with van der Waals surface area (Å²) in [6, 6.07) is 5.85. The lowest BCUT2D eigenvalue weighted by Crippen LogP contribution is -2.45. The van der Waals surface area contributed by atoms with E-state index >= 15 is 0 Å². The Morgan fingerprint density at radius 1 is 1.30 bits per heavy atom. The van der Waals surface area contributed by atoms with Crippen LogP contribution in [0.3, 0.4) is 0 Å². The smallest absolute Gasteiger partial charge is 0.324 e. The number of anilines is 1. The van der Waals surface area contributed by atoms with Crippen molar-refractivity contribution in [1.82, 2.24) is 9.88 Å². The Morgan fingerprint density at radius 2 is 2.04 bits per heavy atom. The lowest BCUT2D eigenvalue weighted by atomic mass is 10.1. The molecule has 0 radical (unpaired) electrons. The first-order valence-electron chi connectivity index (χ1n) is 7.84. The molecular weight excluding hydrogens is 398 g/mol. The molecule has 0 aliphatic rings. The maximum atomic E-state index is 12.5. The highest BCUT2D eigenvalue weighted by atomic mass is 35.5. The fourth-order valence-electron chi connectivity index (χ4n) is 2.01. The molecular formula is C16H18ClN3O6S. The second-order valence-corrected chi connectivity index (χ2v) is 7.99. The summed E-state index contributed by atoms with van der Waals surface area (Å²) in [7, 11) is -4.01. The number of amides is 1. The number of halogens is 1. The third-order valence-corrected chi connectivity index (χ3v) is 5.03. The molecule has 0 aliphatic carbocycles. The van der Waals surface area contributed by atoms with Crippen molar-refractivity contribution < 1.29 is 27.3 Å². The first-order chi connectivity index (χ1) is 12.7. The summed E-state index contributed by atoms with van der Waals surface area (Å²) in [6.45, 7) is 2.68. The summed E-state index contributed by atoms with van der Waals surface area (Å²) in [5.74, 6) is -1.79. The van der Waals surface area contributed by atoms with E-state index in [2.05, 4.69) is 19.7 Å². The van der Waals surface area contributed by atoms with E-state index < -0.39 is 40.5 Å². The van der Waals surface area contributed by atoms with Gasteiger partial charge in [0.05, 0.1) is 4.90 Å². The van der Waals surface area contributed by atoms with E-state index in [1.807, 2.05) is 0 Å². The molecule has 0 saturated heterocycles. The Balaban J connectivity index is 2.01. The maximum Gasteiger partial charge on any atom is 0.324 e. The van der Waals surface area contributed by atoms with Gasteiger partial charge in [0.2, 0.25) is 10.0 Å². The number of carbonyl (C=O) groups excluding carboxylic acids is 2. The molecule has 1 heterocycles. The van der Waals surface area contributed by atoms with E-state index in [0.29, 0.717) is 0 Å². The molecule has 0 unspecified atom stereocenters. The standard InChI is InChI=1S/C16H18ClN3O6S/c1-10(2)15(20-27(23,24)12-5-3-4-11(17)8-12)16(22)25-9-14(21)18-13-6-7-26-19-13/h3-8,10,15,20H,9H2,1-2H3,(H,18,19,21)/t15-/m0/s1. The minimum atomic E-state index is -4.01. The van der Waals surface area contributed by atoms with Gasteiger partial charge in [-0.3, -0.25) is 9.59 Å². The van der Waals surface area contributed by atoms with Gasteiger partial charge >= 0.3 is 5.97 Å². The highest BCUT2D eigenvalue weighted by molar-refractivity contribution is 7.89. The van der Waals surface area contributed by atoms with E-state index in [4.69, 9.17) is 16.3 Å². The molecule has 0 bridgehead atoms. The van der Waals surface area contributed by atoms with Crippen LogP contribution in [0.2, 0.25) is 5.02 Å². The van der Waals surface area contributed by atoms with Crippen molar-refractivity contribution in [2.75, 3.05) is 11.9 Å². The Bertz CT molecular complexity index is 899. The van der Waals surface area contributed by atoms with Crippen molar-refractivity contribution >= 4 is 39.3 Å². The molecule has 0 fully saturated rings. The predicted octanol–water partition coefficient (Wildman–Crippen LogP) is 1.81. The highest BCUT2D eigenvalue weighted by Crippen LogP contribution is 2.17. The zero-order chi connectivity index (χ0) is 20.0.